The zero-order valence-electron chi connectivity index (χ0n) is 17.7. The van der Waals surface area contributed by atoms with Crippen molar-refractivity contribution in [2.75, 3.05) is 25.0 Å². The molecule has 7 nitrogen and oxygen atoms in total. The van der Waals surface area contributed by atoms with Gasteiger partial charge in [0.2, 0.25) is 17.7 Å². The number of hydrogen-bond donors (Lipinski definition) is 2. The molecule has 0 spiro atoms. The summed E-state index contributed by atoms with van der Waals surface area (Å²) in [5.74, 6) is 0.170. The average molecular weight is 414 g/mol. The Bertz CT molecular complexity index is 779. The highest BCUT2D eigenvalue weighted by molar-refractivity contribution is 6.05. The van der Waals surface area contributed by atoms with Crippen molar-refractivity contribution < 1.29 is 19.1 Å². The normalized spacial score (nSPS) is 20.6. The summed E-state index contributed by atoms with van der Waals surface area (Å²) in [6.45, 7) is 5.48. The van der Waals surface area contributed by atoms with Crippen molar-refractivity contribution in [3.63, 3.8) is 0 Å². The Hall–Kier alpha value is -2.67. The molecule has 2 aliphatic rings. The van der Waals surface area contributed by atoms with E-state index in [1.807, 2.05) is 50.3 Å². The fourth-order valence-electron chi connectivity index (χ4n) is 3.92. The van der Waals surface area contributed by atoms with Crippen LogP contribution in [-0.4, -0.2) is 48.4 Å². The Morgan fingerprint density at radius 3 is 2.43 bits per heavy atom. The van der Waals surface area contributed by atoms with Crippen molar-refractivity contribution in [2.45, 2.75) is 45.6 Å². The molecule has 30 heavy (non-hydrogen) atoms. The summed E-state index contributed by atoms with van der Waals surface area (Å²) < 4.78 is 5.71. The smallest absolute Gasteiger partial charge is 0.233 e. The number of anilines is 1. The predicted octanol–water partition coefficient (Wildman–Crippen LogP) is 2.73. The lowest BCUT2D eigenvalue weighted by molar-refractivity contribution is -0.139. The van der Waals surface area contributed by atoms with E-state index in [1.165, 1.54) is 4.90 Å². The molecule has 1 aliphatic carbocycles. The topological polar surface area (TPSA) is 87.7 Å². The van der Waals surface area contributed by atoms with Gasteiger partial charge in [-0.15, -0.1) is 0 Å². The van der Waals surface area contributed by atoms with Crippen LogP contribution in [0.25, 0.3) is 0 Å². The van der Waals surface area contributed by atoms with Crippen LogP contribution in [-0.2, 0) is 14.4 Å². The van der Waals surface area contributed by atoms with Gasteiger partial charge in [-0.05, 0) is 51.8 Å². The number of fused-ring (bicyclic) bond motifs is 1. The van der Waals surface area contributed by atoms with Crippen LogP contribution < -0.4 is 15.4 Å². The molecule has 1 aromatic carbocycles. The summed E-state index contributed by atoms with van der Waals surface area (Å²) >= 11 is 0. The van der Waals surface area contributed by atoms with Crippen LogP contribution in [0, 0.1) is 11.8 Å². The van der Waals surface area contributed by atoms with Crippen molar-refractivity contribution >= 4 is 23.4 Å². The fourth-order valence-corrected chi connectivity index (χ4v) is 3.92. The first kappa shape index (κ1) is 22.0. The molecule has 0 saturated carbocycles. The molecule has 1 fully saturated rings. The third kappa shape index (κ3) is 5.48. The molecule has 1 saturated heterocycles. The zero-order chi connectivity index (χ0) is 21.5. The number of hydrogen-bond acceptors (Lipinski definition) is 5. The Morgan fingerprint density at radius 2 is 1.77 bits per heavy atom. The summed E-state index contributed by atoms with van der Waals surface area (Å²) in [4.78, 5) is 38.5. The lowest BCUT2D eigenvalue weighted by atomic mass is 9.85. The molecular weight excluding hydrogens is 382 g/mol. The molecule has 162 valence electrons. The minimum atomic E-state index is -0.165. The van der Waals surface area contributed by atoms with E-state index < -0.39 is 0 Å². The summed E-state index contributed by atoms with van der Waals surface area (Å²) in [6.07, 6.45) is 6.37. The molecule has 0 aromatic heterocycles. The molecule has 3 rings (SSSR count). The quantitative estimate of drug-likeness (QED) is 0.350. The number of amides is 3. The largest absolute Gasteiger partial charge is 0.489 e. The zero-order valence-corrected chi connectivity index (χ0v) is 17.7. The molecule has 1 aliphatic heterocycles. The van der Waals surface area contributed by atoms with Gasteiger partial charge in [0.05, 0.1) is 23.6 Å². The first-order valence-electron chi connectivity index (χ1n) is 10.7. The number of nitrogens with one attached hydrogen (secondary N) is 2. The summed E-state index contributed by atoms with van der Waals surface area (Å²) in [6, 6.07) is 7.38. The fraction of sp³-hybridized carbons (Fsp3) is 0.522. The van der Waals surface area contributed by atoms with Crippen molar-refractivity contribution in [3.05, 3.63) is 36.4 Å². The van der Waals surface area contributed by atoms with Gasteiger partial charge in [0.15, 0.2) is 0 Å². The van der Waals surface area contributed by atoms with Crippen LogP contribution >= 0.6 is 0 Å². The minimum Gasteiger partial charge on any atom is -0.489 e. The number of para-hydroxylation sites is 2. The van der Waals surface area contributed by atoms with Crippen LogP contribution in [0.5, 0.6) is 5.75 Å². The van der Waals surface area contributed by atoms with Crippen LogP contribution in [0.2, 0.25) is 0 Å². The number of likely N-dealkylation sites (tertiary alicyclic amines) is 1. The Balaban J connectivity index is 1.34. The highest BCUT2D eigenvalue weighted by Crippen LogP contribution is 2.34. The van der Waals surface area contributed by atoms with E-state index in [4.69, 9.17) is 4.74 Å². The number of carbonyl (C=O) groups excluding carboxylic acids is 3. The molecule has 2 N–H and O–H groups in total. The van der Waals surface area contributed by atoms with Crippen molar-refractivity contribution in [2.24, 2.45) is 11.8 Å². The number of imide groups is 1. The number of benzene rings is 1. The minimum absolute atomic E-state index is 0.0271. The Kier molecular flexibility index (Phi) is 7.63. The van der Waals surface area contributed by atoms with Gasteiger partial charge in [0.1, 0.15) is 5.75 Å². The third-order valence-corrected chi connectivity index (χ3v) is 5.39. The van der Waals surface area contributed by atoms with Crippen molar-refractivity contribution in [3.8, 4) is 5.75 Å². The van der Waals surface area contributed by atoms with Crippen LogP contribution in [0.3, 0.4) is 0 Å². The van der Waals surface area contributed by atoms with Crippen LogP contribution in [0.1, 0.15) is 39.5 Å². The van der Waals surface area contributed by atoms with Crippen molar-refractivity contribution in [1.29, 1.82) is 0 Å². The molecule has 2 unspecified atom stereocenters. The Morgan fingerprint density at radius 1 is 1.10 bits per heavy atom. The Labute approximate surface area is 177 Å². The number of carbonyl (C=O) groups is 3. The van der Waals surface area contributed by atoms with Gasteiger partial charge in [0.25, 0.3) is 0 Å². The lowest BCUT2D eigenvalue weighted by Gasteiger charge is -2.15. The highest BCUT2D eigenvalue weighted by atomic mass is 16.5. The number of rotatable bonds is 10. The van der Waals surface area contributed by atoms with Gasteiger partial charge in [-0.1, -0.05) is 24.3 Å². The van der Waals surface area contributed by atoms with E-state index in [2.05, 4.69) is 10.6 Å². The van der Waals surface area contributed by atoms with Gasteiger partial charge in [-0.3, -0.25) is 19.3 Å². The summed E-state index contributed by atoms with van der Waals surface area (Å²) in [5, 5.41) is 6.10. The van der Waals surface area contributed by atoms with E-state index >= 15 is 0 Å². The van der Waals surface area contributed by atoms with Gasteiger partial charge >= 0.3 is 0 Å². The molecular formula is C23H31N3O4. The first-order chi connectivity index (χ1) is 14.5. The SMILES string of the molecule is CC(C)Oc1ccccc1NC(=O)CCNCCCN1C(=O)C2CC=CCC2C1=O. The standard InChI is InChI=1S/C23H31N3O4/c1-16(2)30-20-11-6-5-10-19(20)25-21(27)12-14-24-13-7-15-26-22(28)17-8-3-4-9-18(17)23(26)29/h3-6,10-11,16-18,24H,7-9,12-15H2,1-2H3,(H,25,27). The predicted molar refractivity (Wildman–Crippen MR) is 115 cm³/mol. The maximum atomic E-state index is 12.4. The molecule has 1 heterocycles. The van der Waals surface area contributed by atoms with E-state index in [0.29, 0.717) is 56.8 Å². The molecule has 0 bridgehead atoms. The second kappa shape index (κ2) is 10.4. The maximum absolute atomic E-state index is 12.4. The second-order valence-electron chi connectivity index (χ2n) is 8.05. The molecule has 0 radical (unpaired) electrons. The second-order valence-corrected chi connectivity index (χ2v) is 8.05. The van der Waals surface area contributed by atoms with E-state index in [0.717, 1.165) is 0 Å². The molecule has 7 heteroatoms. The highest BCUT2D eigenvalue weighted by Gasteiger charge is 2.46. The molecule has 3 amide bonds. The third-order valence-electron chi connectivity index (χ3n) is 5.39. The number of nitrogens with zero attached hydrogens (tertiary/aromatic N) is 1. The van der Waals surface area contributed by atoms with E-state index in [9.17, 15) is 14.4 Å². The van der Waals surface area contributed by atoms with E-state index in [1.54, 1.807) is 0 Å². The van der Waals surface area contributed by atoms with Crippen molar-refractivity contribution in [1.82, 2.24) is 10.2 Å². The van der Waals surface area contributed by atoms with E-state index in [-0.39, 0.29) is 35.7 Å². The summed E-state index contributed by atoms with van der Waals surface area (Å²) in [5.41, 5.74) is 0.665. The summed E-state index contributed by atoms with van der Waals surface area (Å²) in [7, 11) is 0. The van der Waals surface area contributed by atoms with Gasteiger partial charge in [0, 0.05) is 19.5 Å². The van der Waals surface area contributed by atoms with Gasteiger partial charge in [-0.25, -0.2) is 0 Å². The molecule has 2 atom stereocenters. The monoisotopic (exact) mass is 413 g/mol. The lowest BCUT2D eigenvalue weighted by Crippen LogP contribution is -2.34. The molecule has 1 aromatic rings. The maximum Gasteiger partial charge on any atom is 0.233 e. The van der Waals surface area contributed by atoms with Gasteiger partial charge < -0.3 is 15.4 Å². The van der Waals surface area contributed by atoms with Crippen LogP contribution in [0.4, 0.5) is 5.69 Å². The number of allylic oxidation sites excluding steroid dienone is 2. The van der Waals surface area contributed by atoms with Crippen LogP contribution in [0.15, 0.2) is 36.4 Å². The van der Waals surface area contributed by atoms with Gasteiger partial charge in [-0.2, -0.15) is 0 Å². The first-order valence-corrected chi connectivity index (χ1v) is 10.7. The number of ether oxygens (including phenoxy) is 1. The average Bonchev–Trinajstić information content (AvgIpc) is 2.96.